The number of sulfonamides is 1. The Morgan fingerprint density at radius 2 is 1.67 bits per heavy atom. The van der Waals surface area contributed by atoms with Gasteiger partial charge in [0.2, 0.25) is 10.0 Å². The second-order valence-electron chi connectivity index (χ2n) is 5.90. The van der Waals surface area contributed by atoms with E-state index in [9.17, 15) is 17.6 Å². The minimum Gasteiger partial charge on any atom is -0.336 e. The van der Waals surface area contributed by atoms with Crippen LogP contribution in [0, 0.1) is 5.82 Å². The lowest BCUT2D eigenvalue weighted by atomic mass is 10.2. The van der Waals surface area contributed by atoms with Crippen molar-refractivity contribution in [3.05, 3.63) is 62.3 Å². The van der Waals surface area contributed by atoms with Crippen LogP contribution in [-0.4, -0.2) is 49.7 Å². The zero-order valence-corrected chi connectivity index (χ0v) is 17.7. The average molecular weight is 496 g/mol. The van der Waals surface area contributed by atoms with Crippen LogP contribution in [-0.2, 0) is 10.0 Å². The molecule has 5 nitrogen and oxygen atoms in total. The number of nitrogens with zero attached hydrogens (tertiary/aromatic N) is 2. The molecule has 27 heavy (non-hydrogen) atoms. The van der Waals surface area contributed by atoms with E-state index >= 15 is 0 Å². The first-order valence-electron chi connectivity index (χ1n) is 7.89. The first-order chi connectivity index (χ1) is 12.7. The van der Waals surface area contributed by atoms with E-state index in [0.717, 1.165) is 16.6 Å². The van der Waals surface area contributed by atoms with Crippen LogP contribution in [0.15, 0.2) is 45.8 Å². The molecule has 0 atom stereocenters. The third kappa shape index (κ3) is 4.30. The van der Waals surface area contributed by atoms with Gasteiger partial charge in [-0.3, -0.25) is 4.79 Å². The maximum atomic E-state index is 13.3. The first-order valence-corrected chi connectivity index (χ1v) is 10.9. The Hall–Kier alpha value is -1.19. The number of rotatable bonds is 3. The summed E-state index contributed by atoms with van der Waals surface area (Å²) in [6.45, 7) is 0.688. The van der Waals surface area contributed by atoms with E-state index in [1.807, 2.05) is 0 Å². The molecule has 1 aliphatic rings. The molecule has 3 rings (SSSR count). The van der Waals surface area contributed by atoms with Crippen molar-refractivity contribution < 1.29 is 17.6 Å². The minimum atomic E-state index is -3.82. The van der Waals surface area contributed by atoms with Crippen molar-refractivity contribution in [1.29, 1.82) is 0 Å². The van der Waals surface area contributed by atoms with Gasteiger partial charge in [0.1, 0.15) is 5.82 Å². The maximum absolute atomic E-state index is 13.3. The molecule has 1 aliphatic heterocycles. The summed E-state index contributed by atoms with van der Waals surface area (Å²) in [6, 6.07) is 8.26. The average Bonchev–Trinajstić information content (AvgIpc) is 2.63. The molecule has 0 N–H and O–H groups in total. The molecular formula is C17H14BrCl2FN2O3S. The normalized spacial score (nSPS) is 15.8. The largest absolute Gasteiger partial charge is 0.336 e. The van der Waals surface area contributed by atoms with Gasteiger partial charge < -0.3 is 4.90 Å². The van der Waals surface area contributed by atoms with Gasteiger partial charge in [0, 0.05) is 30.7 Å². The van der Waals surface area contributed by atoms with Gasteiger partial charge >= 0.3 is 0 Å². The Balaban J connectivity index is 1.72. The number of halogens is 4. The van der Waals surface area contributed by atoms with Crippen LogP contribution in [0.25, 0.3) is 0 Å². The maximum Gasteiger partial charge on any atom is 0.255 e. The standard InChI is InChI=1S/C17H14BrCl2FN2O3S/c18-11-1-3-13(14(19)9-11)17(24)22-5-7-23(8-6-22)27(25,26)12-2-4-16(21)15(20)10-12/h1-4,9-10H,5-8H2. The molecule has 2 aromatic carbocycles. The Labute approximate surface area is 174 Å². The van der Waals surface area contributed by atoms with Crippen molar-refractivity contribution in [3.8, 4) is 0 Å². The van der Waals surface area contributed by atoms with E-state index in [0.29, 0.717) is 10.6 Å². The topological polar surface area (TPSA) is 57.7 Å². The van der Waals surface area contributed by atoms with E-state index in [1.165, 1.54) is 10.4 Å². The highest BCUT2D eigenvalue weighted by Crippen LogP contribution is 2.25. The minimum absolute atomic E-state index is 0.0790. The zero-order valence-electron chi connectivity index (χ0n) is 13.8. The fraction of sp³-hybridized carbons (Fsp3) is 0.235. The summed E-state index contributed by atoms with van der Waals surface area (Å²) in [4.78, 5) is 14.1. The van der Waals surface area contributed by atoms with E-state index in [1.54, 1.807) is 23.1 Å². The van der Waals surface area contributed by atoms with Crippen molar-refractivity contribution in [3.63, 3.8) is 0 Å². The molecule has 0 bridgehead atoms. The van der Waals surface area contributed by atoms with Crippen LogP contribution >= 0.6 is 39.1 Å². The zero-order chi connectivity index (χ0) is 19.8. The second-order valence-corrected chi connectivity index (χ2v) is 9.56. The lowest BCUT2D eigenvalue weighted by Crippen LogP contribution is -2.50. The Morgan fingerprint density at radius 1 is 1.00 bits per heavy atom. The first kappa shape index (κ1) is 20.5. The predicted octanol–water partition coefficient (Wildman–Crippen LogP) is 4.04. The van der Waals surface area contributed by atoms with Gasteiger partial charge in [-0.1, -0.05) is 39.1 Å². The number of benzene rings is 2. The lowest BCUT2D eigenvalue weighted by molar-refractivity contribution is 0.0698. The third-order valence-corrected chi connectivity index (χ3v) is 7.21. The van der Waals surface area contributed by atoms with Crippen LogP contribution in [0.5, 0.6) is 0 Å². The summed E-state index contributed by atoms with van der Waals surface area (Å²) in [5, 5.41) is 0.0696. The summed E-state index contributed by atoms with van der Waals surface area (Å²) < 4.78 is 40.7. The summed E-state index contributed by atoms with van der Waals surface area (Å²) in [6.07, 6.45) is 0. The molecule has 0 saturated carbocycles. The molecule has 0 aromatic heterocycles. The Bertz CT molecular complexity index is 996. The van der Waals surface area contributed by atoms with Crippen molar-refractivity contribution in [2.45, 2.75) is 4.90 Å². The number of hydrogen-bond acceptors (Lipinski definition) is 3. The van der Waals surface area contributed by atoms with Crippen LogP contribution in [0.4, 0.5) is 4.39 Å². The molecule has 0 spiro atoms. The van der Waals surface area contributed by atoms with Gasteiger partial charge in [0.25, 0.3) is 5.91 Å². The molecule has 0 radical (unpaired) electrons. The fourth-order valence-corrected chi connectivity index (χ4v) is 5.20. The number of carbonyl (C=O) groups is 1. The second kappa shape index (κ2) is 8.05. The van der Waals surface area contributed by atoms with E-state index in [4.69, 9.17) is 23.2 Å². The van der Waals surface area contributed by atoms with Gasteiger partial charge in [-0.2, -0.15) is 4.31 Å². The summed E-state index contributed by atoms with van der Waals surface area (Å²) in [5.41, 5.74) is 0.362. The monoisotopic (exact) mass is 494 g/mol. The Kier molecular flexibility index (Phi) is 6.12. The van der Waals surface area contributed by atoms with Gasteiger partial charge in [0.15, 0.2) is 0 Å². The van der Waals surface area contributed by atoms with Crippen LogP contribution in [0.1, 0.15) is 10.4 Å². The molecular weight excluding hydrogens is 482 g/mol. The third-order valence-electron chi connectivity index (χ3n) is 4.22. The highest BCUT2D eigenvalue weighted by atomic mass is 79.9. The van der Waals surface area contributed by atoms with Crippen molar-refractivity contribution in [1.82, 2.24) is 9.21 Å². The van der Waals surface area contributed by atoms with Gasteiger partial charge in [-0.25, -0.2) is 12.8 Å². The van der Waals surface area contributed by atoms with E-state index < -0.39 is 15.8 Å². The molecule has 1 amide bonds. The van der Waals surface area contributed by atoms with Crippen LogP contribution in [0.2, 0.25) is 10.0 Å². The lowest BCUT2D eigenvalue weighted by Gasteiger charge is -2.34. The number of piperazine rings is 1. The van der Waals surface area contributed by atoms with Crippen molar-refractivity contribution in [2.24, 2.45) is 0 Å². The van der Waals surface area contributed by atoms with E-state index in [2.05, 4.69) is 15.9 Å². The fourth-order valence-electron chi connectivity index (χ4n) is 2.75. The Morgan fingerprint density at radius 3 is 2.26 bits per heavy atom. The highest BCUT2D eigenvalue weighted by molar-refractivity contribution is 9.10. The van der Waals surface area contributed by atoms with Gasteiger partial charge in [-0.05, 0) is 36.4 Å². The molecule has 1 heterocycles. The van der Waals surface area contributed by atoms with Gasteiger partial charge in [0.05, 0.1) is 20.5 Å². The van der Waals surface area contributed by atoms with Crippen molar-refractivity contribution >= 4 is 55.1 Å². The van der Waals surface area contributed by atoms with Crippen LogP contribution < -0.4 is 0 Å². The molecule has 0 aliphatic carbocycles. The molecule has 2 aromatic rings. The number of hydrogen-bond donors (Lipinski definition) is 0. The predicted molar refractivity (Wildman–Crippen MR) is 105 cm³/mol. The molecule has 1 saturated heterocycles. The summed E-state index contributed by atoms with van der Waals surface area (Å²) in [5.74, 6) is -0.938. The number of amides is 1. The highest BCUT2D eigenvalue weighted by Gasteiger charge is 2.31. The number of carbonyl (C=O) groups excluding carboxylic acids is 1. The molecule has 10 heteroatoms. The smallest absolute Gasteiger partial charge is 0.255 e. The molecule has 1 fully saturated rings. The van der Waals surface area contributed by atoms with E-state index in [-0.39, 0.29) is 42.0 Å². The van der Waals surface area contributed by atoms with Crippen LogP contribution in [0.3, 0.4) is 0 Å². The van der Waals surface area contributed by atoms with Gasteiger partial charge in [-0.15, -0.1) is 0 Å². The summed E-state index contributed by atoms with van der Waals surface area (Å²) >= 11 is 15.1. The molecule has 144 valence electrons. The SMILES string of the molecule is O=C(c1ccc(Br)cc1Cl)N1CCN(S(=O)(=O)c2ccc(F)c(Cl)c2)CC1. The summed E-state index contributed by atoms with van der Waals surface area (Å²) in [7, 11) is -3.82. The van der Waals surface area contributed by atoms with Crippen molar-refractivity contribution in [2.75, 3.05) is 26.2 Å². The molecule has 0 unspecified atom stereocenters. The quantitative estimate of drug-likeness (QED) is 0.645.